The molecule has 0 radical (unpaired) electrons. The van der Waals surface area contributed by atoms with Crippen molar-refractivity contribution in [2.75, 3.05) is 0 Å². The lowest BCUT2D eigenvalue weighted by molar-refractivity contribution is 0.215. The van der Waals surface area contributed by atoms with E-state index in [1.165, 1.54) is 43.8 Å². The Kier molecular flexibility index (Phi) is 6.81. The van der Waals surface area contributed by atoms with E-state index in [1.54, 1.807) is 0 Å². The van der Waals surface area contributed by atoms with Crippen LogP contribution in [0, 0.1) is 0 Å². The monoisotopic (exact) mass is 719 g/mol. The lowest BCUT2D eigenvalue weighted by Crippen LogP contribution is -2.30. The topological polar surface area (TPSA) is 57.1 Å². The molecule has 4 aliphatic rings. The summed E-state index contributed by atoms with van der Waals surface area (Å²) in [6, 6.07) is 55.1. The molecule has 5 heteroatoms. The molecule has 5 nitrogen and oxygen atoms in total. The molecule has 8 aromatic rings. The summed E-state index contributed by atoms with van der Waals surface area (Å²) in [4.78, 5) is 15.7. The Morgan fingerprint density at radius 3 is 1.77 bits per heavy atom. The summed E-state index contributed by atoms with van der Waals surface area (Å²) in [5.74, 6) is 3.64. The molecule has 56 heavy (non-hydrogen) atoms. The molecule has 2 aliphatic carbocycles. The zero-order valence-corrected chi connectivity index (χ0v) is 30.2. The second kappa shape index (κ2) is 12.2. The number of benzene rings is 7. The highest BCUT2D eigenvalue weighted by molar-refractivity contribution is 6.08. The van der Waals surface area contributed by atoms with Crippen LogP contribution in [0.5, 0.6) is 11.5 Å². The van der Waals surface area contributed by atoms with E-state index in [2.05, 4.69) is 152 Å². The minimum absolute atomic E-state index is 0.0349. The van der Waals surface area contributed by atoms with Gasteiger partial charge in [-0.15, -0.1) is 0 Å². The van der Waals surface area contributed by atoms with Crippen LogP contribution in [-0.4, -0.2) is 21.1 Å². The number of nitrogens with zero attached hydrogens (tertiary/aromatic N) is 3. The molecule has 0 spiro atoms. The Hall–Kier alpha value is -7.11. The Bertz CT molecular complexity index is 3020. The van der Waals surface area contributed by atoms with Gasteiger partial charge in [0.25, 0.3) is 0 Å². The molecule has 0 amide bonds. The van der Waals surface area contributed by atoms with Crippen molar-refractivity contribution in [3.05, 3.63) is 209 Å². The molecule has 0 saturated carbocycles. The fourth-order valence-electron chi connectivity index (χ4n) is 9.34. The van der Waals surface area contributed by atoms with Crippen LogP contribution in [0.2, 0.25) is 0 Å². The zero-order chi connectivity index (χ0) is 36.7. The molecule has 0 bridgehead atoms. The Morgan fingerprint density at radius 1 is 0.393 bits per heavy atom. The standard InChI is InChI=1S/C51H33N3O2/c1-2-13-32(14-3-1)49-52-50(34-25-24-31-23-22-30-12-4-6-16-35(30)41(31)29-34)54-51(53-49)40-27-26-37(48-45(40)38-18-8-10-20-43(38)56-48)42-28-33-15-5-7-17-36(33)47-46(42)39-19-9-11-21-44(39)55-47/h1-29,45-48H. The van der Waals surface area contributed by atoms with Gasteiger partial charge < -0.3 is 9.47 Å². The highest BCUT2D eigenvalue weighted by Crippen LogP contribution is 2.58. The van der Waals surface area contributed by atoms with Crippen molar-refractivity contribution in [2.45, 2.75) is 24.0 Å². The number of fused-ring (bicyclic) bond motifs is 11. The third-order valence-electron chi connectivity index (χ3n) is 11.9. The van der Waals surface area contributed by atoms with Crippen molar-refractivity contribution >= 4 is 33.2 Å². The number of para-hydroxylation sites is 2. The number of hydrogen-bond donors (Lipinski definition) is 0. The Morgan fingerprint density at radius 2 is 0.964 bits per heavy atom. The Balaban J connectivity index is 1.06. The molecule has 264 valence electrons. The van der Waals surface area contributed by atoms with Gasteiger partial charge in [0.2, 0.25) is 0 Å². The SMILES string of the molecule is C1=C(C2=Cc3ccccc3C3Oc4ccccc4C23)C2Oc3ccccc3C2C(c2nc(-c3ccccc3)nc(-c3ccc4ccc5ccccc5c4c3)n2)=C1. The van der Waals surface area contributed by atoms with Crippen LogP contribution < -0.4 is 9.47 Å². The van der Waals surface area contributed by atoms with E-state index >= 15 is 0 Å². The first kappa shape index (κ1) is 31.3. The summed E-state index contributed by atoms with van der Waals surface area (Å²) >= 11 is 0. The van der Waals surface area contributed by atoms with E-state index in [4.69, 9.17) is 24.4 Å². The number of allylic oxidation sites excluding steroid dienone is 2. The molecule has 0 saturated heterocycles. The number of aromatic nitrogens is 3. The first-order valence-corrected chi connectivity index (χ1v) is 19.2. The van der Waals surface area contributed by atoms with E-state index in [0.717, 1.165) is 39.3 Å². The second-order valence-electron chi connectivity index (χ2n) is 15.0. The Labute approximate surface area is 324 Å². The third-order valence-corrected chi connectivity index (χ3v) is 11.9. The summed E-state index contributed by atoms with van der Waals surface area (Å²) < 4.78 is 13.7. The highest BCUT2D eigenvalue weighted by atomic mass is 16.5. The third kappa shape index (κ3) is 4.77. The predicted octanol–water partition coefficient (Wildman–Crippen LogP) is 11.7. The van der Waals surface area contributed by atoms with E-state index in [9.17, 15) is 0 Å². The van der Waals surface area contributed by atoms with Crippen LogP contribution in [0.3, 0.4) is 0 Å². The number of ether oxygens (including phenoxy) is 2. The van der Waals surface area contributed by atoms with Crippen LogP contribution in [0.1, 0.15) is 46.0 Å². The molecule has 4 atom stereocenters. The molecule has 0 N–H and O–H groups in total. The van der Waals surface area contributed by atoms with Gasteiger partial charge in [-0.3, -0.25) is 0 Å². The lowest BCUT2D eigenvalue weighted by atomic mass is 9.71. The molecule has 7 aromatic carbocycles. The highest BCUT2D eigenvalue weighted by Gasteiger charge is 2.48. The van der Waals surface area contributed by atoms with Gasteiger partial charge in [0, 0.05) is 33.4 Å². The van der Waals surface area contributed by atoms with Crippen LogP contribution in [-0.2, 0) is 0 Å². The van der Waals surface area contributed by atoms with E-state index in [0.29, 0.717) is 17.5 Å². The smallest absolute Gasteiger partial charge is 0.164 e. The van der Waals surface area contributed by atoms with Gasteiger partial charge in [-0.1, -0.05) is 158 Å². The predicted molar refractivity (Wildman–Crippen MR) is 222 cm³/mol. The maximum Gasteiger partial charge on any atom is 0.164 e. The van der Waals surface area contributed by atoms with Crippen molar-refractivity contribution in [2.24, 2.45) is 0 Å². The molecular weight excluding hydrogens is 687 g/mol. The largest absolute Gasteiger partial charge is 0.484 e. The normalized spacial score (nSPS) is 20.0. The van der Waals surface area contributed by atoms with Crippen molar-refractivity contribution in [3.8, 4) is 34.3 Å². The van der Waals surface area contributed by atoms with Crippen LogP contribution in [0.25, 0.3) is 56.0 Å². The summed E-state index contributed by atoms with van der Waals surface area (Å²) in [7, 11) is 0. The minimum Gasteiger partial charge on any atom is -0.484 e. The zero-order valence-electron chi connectivity index (χ0n) is 30.2. The molecule has 1 aromatic heterocycles. The quantitative estimate of drug-likeness (QED) is 0.170. The maximum absolute atomic E-state index is 7.01. The molecule has 4 unspecified atom stereocenters. The number of rotatable bonds is 4. The number of hydrogen-bond acceptors (Lipinski definition) is 5. The summed E-state index contributed by atoms with van der Waals surface area (Å²) in [6.07, 6.45) is 6.42. The van der Waals surface area contributed by atoms with E-state index in [-0.39, 0.29) is 24.0 Å². The fourth-order valence-corrected chi connectivity index (χ4v) is 9.34. The van der Waals surface area contributed by atoms with Crippen LogP contribution in [0.4, 0.5) is 0 Å². The average Bonchev–Trinajstić information content (AvgIpc) is 3.86. The molecule has 0 fully saturated rings. The van der Waals surface area contributed by atoms with Gasteiger partial charge in [0.05, 0.1) is 11.8 Å². The summed E-state index contributed by atoms with van der Waals surface area (Å²) in [6.45, 7) is 0. The van der Waals surface area contributed by atoms with Gasteiger partial charge in [0.15, 0.2) is 17.5 Å². The minimum atomic E-state index is -0.287. The summed E-state index contributed by atoms with van der Waals surface area (Å²) in [5, 5.41) is 4.76. The fraction of sp³-hybridized carbons (Fsp3) is 0.0784. The maximum atomic E-state index is 7.01. The van der Waals surface area contributed by atoms with Gasteiger partial charge in [-0.25, -0.2) is 15.0 Å². The first-order valence-electron chi connectivity index (χ1n) is 19.2. The van der Waals surface area contributed by atoms with Crippen LogP contribution >= 0.6 is 0 Å². The molecule has 12 rings (SSSR count). The average molecular weight is 720 g/mol. The van der Waals surface area contributed by atoms with Gasteiger partial charge in [0.1, 0.15) is 23.7 Å². The first-order chi connectivity index (χ1) is 27.7. The molecule has 2 aliphatic heterocycles. The second-order valence-corrected chi connectivity index (χ2v) is 15.0. The van der Waals surface area contributed by atoms with Crippen molar-refractivity contribution in [1.29, 1.82) is 0 Å². The van der Waals surface area contributed by atoms with Crippen molar-refractivity contribution < 1.29 is 9.47 Å². The van der Waals surface area contributed by atoms with Crippen LogP contribution in [0.15, 0.2) is 181 Å². The molecule has 3 heterocycles. The van der Waals surface area contributed by atoms with E-state index < -0.39 is 0 Å². The lowest BCUT2D eigenvalue weighted by Gasteiger charge is -2.34. The van der Waals surface area contributed by atoms with Gasteiger partial charge in [-0.05, 0) is 56.5 Å². The summed E-state index contributed by atoms with van der Waals surface area (Å²) in [5.41, 5.74) is 9.99. The molecular formula is C51H33N3O2. The van der Waals surface area contributed by atoms with Crippen molar-refractivity contribution in [3.63, 3.8) is 0 Å². The van der Waals surface area contributed by atoms with Gasteiger partial charge in [-0.2, -0.15) is 0 Å². The van der Waals surface area contributed by atoms with E-state index in [1.807, 2.05) is 24.3 Å². The van der Waals surface area contributed by atoms with Crippen molar-refractivity contribution in [1.82, 2.24) is 15.0 Å². The van der Waals surface area contributed by atoms with Gasteiger partial charge >= 0.3 is 0 Å².